The topological polar surface area (TPSA) is 77.8 Å². The standard InChI is InChI=1S/2CH3.Ca.H3O4P/c;;;1-5(2,3)4/h2*1H3;;(H3,1,2,3,4). The first-order valence-electron chi connectivity index (χ1n) is 2.20. The second-order valence-corrected chi connectivity index (χ2v) is 4.46. The molecule has 0 aliphatic rings. The Labute approximate surface area is 66.5 Å². The average Bonchev–Trinajstić information content (AvgIpc) is 1.27. The number of rotatable bonds is 0. The van der Waals surface area contributed by atoms with Gasteiger partial charge < -0.3 is 14.7 Å². The van der Waals surface area contributed by atoms with Gasteiger partial charge in [-0.15, -0.1) is 0 Å². The van der Waals surface area contributed by atoms with Gasteiger partial charge in [0, 0.05) is 0 Å². The first-order valence-corrected chi connectivity index (χ1v) is 8.18. The van der Waals surface area contributed by atoms with Crippen LogP contribution in [0.25, 0.3) is 0 Å². The van der Waals surface area contributed by atoms with Crippen LogP contribution in [0.2, 0.25) is 6.04 Å². The van der Waals surface area contributed by atoms with Crippen molar-refractivity contribution >= 4 is 41.7 Å². The maximum atomic E-state index is 8.88. The third kappa shape index (κ3) is 159. The molecular weight excluding hydrogens is 159 g/mol. The van der Waals surface area contributed by atoms with E-state index in [1.165, 1.54) is 0 Å². The predicted molar refractivity (Wildman–Crippen MR) is 31.7 cm³/mol. The van der Waals surface area contributed by atoms with E-state index >= 15 is 0 Å². The minimum absolute atomic E-state index is 0.125. The first kappa shape index (κ1) is 12.1. The van der Waals surface area contributed by atoms with Crippen molar-refractivity contribution in [2.24, 2.45) is 0 Å². The monoisotopic (exact) mass is 168 g/mol. The van der Waals surface area contributed by atoms with Crippen LogP contribution in [0.5, 0.6) is 0 Å². The Balaban J connectivity index is 0. The van der Waals surface area contributed by atoms with Crippen LogP contribution in [0.15, 0.2) is 0 Å². The summed E-state index contributed by atoms with van der Waals surface area (Å²) in [5.41, 5.74) is 0. The van der Waals surface area contributed by atoms with Gasteiger partial charge in [-0.25, -0.2) is 4.57 Å². The van der Waals surface area contributed by atoms with Gasteiger partial charge in [0.25, 0.3) is 0 Å². The summed E-state index contributed by atoms with van der Waals surface area (Å²) in [5, 5.41) is 0. The zero-order valence-electron chi connectivity index (χ0n) is 4.90. The van der Waals surface area contributed by atoms with Crippen LogP contribution in [0, 0.1) is 0 Å². The van der Waals surface area contributed by atoms with Crippen LogP contribution in [-0.2, 0) is 4.57 Å². The summed E-state index contributed by atoms with van der Waals surface area (Å²) in [6.45, 7) is 0. The van der Waals surface area contributed by atoms with E-state index in [1.54, 1.807) is 0 Å². The Morgan fingerprint density at radius 2 is 1.25 bits per heavy atom. The van der Waals surface area contributed by atoms with E-state index in [0.717, 1.165) is 0 Å². The molecule has 0 aliphatic heterocycles. The van der Waals surface area contributed by atoms with Crippen LogP contribution in [0.4, 0.5) is 0 Å². The number of hydrogen-bond acceptors (Lipinski definition) is 1. The van der Waals surface area contributed by atoms with E-state index < -0.39 is 7.82 Å². The zero-order valence-corrected chi connectivity index (χ0v) is 8.01. The van der Waals surface area contributed by atoms with E-state index in [9.17, 15) is 0 Å². The molecule has 4 nitrogen and oxygen atoms in total. The van der Waals surface area contributed by atoms with Crippen LogP contribution in [-0.4, -0.2) is 48.5 Å². The summed E-state index contributed by atoms with van der Waals surface area (Å²) in [5.74, 6) is 0. The fraction of sp³-hybridized carbons (Fsp3) is 1.00. The molecule has 0 atom stereocenters. The minimum atomic E-state index is -4.64. The van der Waals surface area contributed by atoms with Crippen molar-refractivity contribution in [3.63, 3.8) is 0 Å². The molecule has 48 valence electrons. The maximum absolute atomic E-state index is 8.88. The molecule has 0 heterocycles. The van der Waals surface area contributed by atoms with E-state index in [1.807, 2.05) is 0 Å². The molecular formula is C2H9CaO4P. The molecule has 0 unspecified atom stereocenters. The van der Waals surface area contributed by atoms with Crippen molar-refractivity contribution in [1.29, 1.82) is 0 Å². The summed E-state index contributed by atoms with van der Waals surface area (Å²) in [7, 11) is -4.64. The van der Waals surface area contributed by atoms with E-state index in [0.29, 0.717) is 0 Å². The van der Waals surface area contributed by atoms with Crippen molar-refractivity contribution in [2.45, 2.75) is 6.04 Å². The summed E-state index contributed by atoms with van der Waals surface area (Å²) in [6, 6.07) is 0. The Morgan fingerprint density at radius 3 is 1.25 bits per heavy atom. The molecule has 6 heteroatoms. The van der Waals surface area contributed by atoms with Gasteiger partial charge in [-0.05, 0) is 0 Å². The molecule has 3 N–H and O–H groups in total. The molecule has 0 rings (SSSR count). The molecule has 0 aromatic rings. The molecule has 0 saturated carbocycles. The predicted octanol–water partition coefficient (Wildman–Crippen LogP) is -0.142. The summed E-state index contributed by atoms with van der Waals surface area (Å²) < 4.78 is 13.5. The van der Waals surface area contributed by atoms with Crippen molar-refractivity contribution in [3.8, 4) is 0 Å². The fourth-order valence-corrected chi connectivity index (χ4v) is 0. The van der Waals surface area contributed by atoms with Crippen molar-refractivity contribution < 1.29 is 19.2 Å². The Kier molecular flexibility index (Phi) is 9.80. The molecule has 0 saturated heterocycles. The summed E-state index contributed by atoms with van der Waals surface area (Å²) in [6.07, 6.45) is 0. The van der Waals surface area contributed by atoms with Gasteiger partial charge in [0.15, 0.2) is 0 Å². The summed E-state index contributed by atoms with van der Waals surface area (Å²) in [4.78, 5) is 21.6. The second kappa shape index (κ2) is 6.49. The van der Waals surface area contributed by atoms with Gasteiger partial charge in [-0.2, -0.15) is 0 Å². The van der Waals surface area contributed by atoms with Crippen LogP contribution in [0.3, 0.4) is 0 Å². The summed E-state index contributed by atoms with van der Waals surface area (Å²) >= 11 is 0.125. The van der Waals surface area contributed by atoms with Crippen molar-refractivity contribution in [2.75, 3.05) is 0 Å². The van der Waals surface area contributed by atoms with E-state index in [2.05, 4.69) is 6.04 Å². The van der Waals surface area contributed by atoms with E-state index in [-0.39, 0.29) is 33.8 Å². The van der Waals surface area contributed by atoms with E-state index in [4.69, 9.17) is 19.2 Å². The zero-order chi connectivity index (χ0) is 7.21. The number of phosphoric acid groups is 1. The van der Waals surface area contributed by atoms with Gasteiger partial charge in [0.05, 0.1) is 0 Å². The molecule has 0 amide bonds. The van der Waals surface area contributed by atoms with Gasteiger partial charge in [-0.1, -0.05) is 0 Å². The Bertz CT molecular complexity index is 69.8. The second-order valence-electron chi connectivity index (χ2n) is 1.22. The van der Waals surface area contributed by atoms with Gasteiger partial charge in [-0.3, -0.25) is 0 Å². The Hall–Kier alpha value is 1.37. The number of hydrogen-bond donors (Lipinski definition) is 3. The van der Waals surface area contributed by atoms with Gasteiger partial charge in [0.1, 0.15) is 0 Å². The molecule has 0 radical (unpaired) electrons. The molecule has 0 aromatic heterocycles. The molecule has 0 spiro atoms. The van der Waals surface area contributed by atoms with Crippen molar-refractivity contribution in [3.05, 3.63) is 0 Å². The third-order valence-corrected chi connectivity index (χ3v) is 0. The molecule has 0 aromatic carbocycles. The van der Waals surface area contributed by atoms with Crippen LogP contribution >= 0.6 is 7.82 Å². The van der Waals surface area contributed by atoms with Crippen LogP contribution in [0.1, 0.15) is 0 Å². The molecule has 0 aliphatic carbocycles. The molecule has 8 heavy (non-hydrogen) atoms. The molecule has 0 fully saturated rings. The van der Waals surface area contributed by atoms with Crippen LogP contribution < -0.4 is 0 Å². The fourth-order valence-electron chi connectivity index (χ4n) is 0. The first-order chi connectivity index (χ1) is 3.41. The molecule has 0 bridgehead atoms. The quantitative estimate of drug-likeness (QED) is 0.347. The normalized spacial score (nSPS) is 8.62. The van der Waals surface area contributed by atoms with Gasteiger partial charge >= 0.3 is 47.7 Å². The third-order valence-electron chi connectivity index (χ3n) is 0. The Morgan fingerprint density at radius 1 is 1.25 bits per heavy atom. The SMILES string of the molecule is O=P(O)(O)O.[CH3][Ca][CH3]. The van der Waals surface area contributed by atoms with Gasteiger partial charge in [0.2, 0.25) is 0 Å². The average molecular weight is 168 g/mol. The van der Waals surface area contributed by atoms with Crippen molar-refractivity contribution in [1.82, 2.24) is 0 Å².